The Hall–Kier alpha value is -2.80. The lowest BCUT2D eigenvalue weighted by Crippen LogP contribution is -2.25. The van der Waals surface area contributed by atoms with Gasteiger partial charge in [-0.3, -0.25) is 4.79 Å². The SMILES string of the molecule is CC(C)(C)OC(=O)c1c(NC(=O)/C=C/c2ccc(O)c(O)c2)sc2c1CCCC2. The molecule has 154 valence electrons. The van der Waals surface area contributed by atoms with Gasteiger partial charge in [0.15, 0.2) is 11.5 Å². The van der Waals surface area contributed by atoms with Crippen LogP contribution in [0.2, 0.25) is 0 Å². The molecule has 0 unspecified atom stereocenters. The van der Waals surface area contributed by atoms with Gasteiger partial charge >= 0.3 is 5.97 Å². The van der Waals surface area contributed by atoms with Crippen molar-refractivity contribution in [3.8, 4) is 11.5 Å². The maximum absolute atomic E-state index is 12.8. The van der Waals surface area contributed by atoms with Crippen LogP contribution in [0.25, 0.3) is 6.08 Å². The third-order valence-corrected chi connectivity index (χ3v) is 5.64. The Bertz CT molecular complexity index is 968. The molecule has 7 heteroatoms. The van der Waals surface area contributed by atoms with Crippen LogP contribution in [0.3, 0.4) is 0 Å². The summed E-state index contributed by atoms with van der Waals surface area (Å²) in [7, 11) is 0. The van der Waals surface area contributed by atoms with Crippen molar-refractivity contribution in [2.24, 2.45) is 0 Å². The van der Waals surface area contributed by atoms with Crippen LogP contribution in [0.15, 0.2) is 24.3 Å². The molecule has 29 heavy (non-hydrogen) atoms. The van der Waals surface area contributed by atoms with Crippen LogP contribution in [0, 0.1) is 0 Å². The van der Waals surface area contributed by atoms with Crippen LogP contribution >= 0.6 is 11.3 Å². The molecule has 0 atom stereocenters. The van der Waals surface area contributed by atoms with Gasteiger partial charge in [-0.1, -0.05) is 6.07 Å². The van der Waals surface area contributed by atoms with Gasteiger partial charge in [-0.25, -0.2) is 4.79 Å². The summed E-state index contributed by atoms with van der Waals surface area (Å²) in [5.74, 6) is -1.29. The molecule has 0 fully saturated rings. The third-order valence-electron chi connectivity index (χ3n) is 4.44. The molecule has 0 saturated heterocycles. The zero-order valence-electron chi connectivity index (χ0n) is 16.7. The smallest absolute Gasteiger partial charge is 0.341 e. The molecule has 0 aliphatic heterocycles. The molecule has 1 aliphatic rings. The molecule has 2 aromatic rings. The molecule has 1 heterocycles. The van der Waals surface area contributed by atoms with Gasteiger partial charge in [-0.2, -0.15) is 0 Å². The number of aryl methyl sites for hydroxylation is 1. The number of nitrogens with one attached hydrogen (secondary N) is 1. The standard InChI is InChI=1S/C22H25NO5S/c1-22(2,3)28-21(27)19-14-6-4-5-7-17(14)29-20(19)23-18(26)11-9-13-8-10-15(24)16(25)12-13/h8-12,24-25H,4-7H2,1-3H3,(H,23,26)/b11-9+. The van der Waals surface area contributed by atoms with Crippen LogP contribution in [0.5, 0.6) is 11.5 Å². The zero-order chi connectivity index (χ0) is 21.2. The molecule has 1 aliphatic carbocycles. The second kappa shape index (κ2) is 8.29. The number of fused-ring (bicyclic) bond motifs is 1. The van der Waals surface area contributed by atoms with Crippen LogP contribution in [0.4, 0.5) is 5.00 Å². The largest absolute Gasteiger partial charge is 0.504 e. The first-order valence-electron chi connectivity index (χ1n) is 9.53. The highest BCUT2D eigenvalue weighted by molar-refractivity contribution is 7.17. The number of anilines is 1. The fourth-order valence-corrected chi connectivity index (χ4v) is 4.45. The zero-order valence-corrected chi connectivity index (χ0v) is 17.6. The third kappa shape index (κ3) is 5.17. The van der Waals surface area contributed by atoms with Crippen LogP contribution in [0.1, 0.15) is 60.0 Å². The molecule has 3 rings (SSSR count). The lowest BCUT2D eigenvalue weighted by atomic mass is 9.95. The summed E-state index contributed by atoms with van der Waals surface area (Å²) in [6.07, 6.45) is 6.63. The van der Waals surface area contributed by atoms with Crippen molar-refractivity contribution < 1.29 is 24.5 Å². The fourth-order valence-electron chi connectivity index (χ4n) is 3.17. The lowest BCUT2D eigenvalue weighted by molar-refractivity contribution is -0.111. The average Bonchev–Trinajstić information content (AvgIpc) is 2.99. The van der Waals surface area contributed by atoms with E-state index in [0.29, 0.717) is 16.1 Å². The van der Waals surface area contributed by atoms with E-state index in [1.807, 2.05) is 20.8 Å². The quantitative estimate of drug-likeness (QED) is 0.384. The number of rotatable bonds is 4. The van der Waals surface area contributed by atoms with Crippen molar-refractivity contribution in [3.05, 3.63) is 45.8 Å². The summed E-state index contributed by atoms with van der Waals surface area (Å²) in [5, 5.41) is 22.2. The first kappa shape index (κ1) is 20.9. The number of thiophene rings is 1. The molecule has 6 nitrogen and oxygen atoms in total. The van der Waals surface area contributed by atoms with Crippen molar-refractivity contribution in [1.82, 2.24) is 0 Å². The van der Waals surface area contributed by atoms with E-state index in [9.17, 15) is 19.8 Å². The van der Waals surface area contributed by atoms with Gasteiger partial charge < -0.3 is 20.3 Å². The predicted molar refractivity (Wildman–Crippen MR) is 114 cm³/mol. The molecule has 0 spiro atoms. The lowest BCUT2D eigenvalue weighted by Gasteiger charge is -2.21. The van der Waals surface area contributed by atoms with E-state index in [2.05, 4.69) is 5.32 Å². The number of hydrogen-bond donors (Lipinski definition) is 3. The van der Waals surface area contributed by atoms with Gasteiger partial charge in [0.05, 0.1) is 5.56 Å². The summed E-state index contributed by atoms with van der Waals surface area (Å²) in [5.41, 5.74) is 1.39. The van der Waals surface area contributed by atoms with E-state index >= 15 is 0 Å². The van der Waals surface area contributed by atoms with Gasteiger partial charge in [-0.15, -0.1) is 11.3 Å². The van der Waals surface area contributed by atoms with E-state index in [-0.39, 0.29) is 17.4 Å². The van der Waals surface area contributed by atoms with Gasteiger partial charge in [0.1, 0.15) is 10.6 Å². The number of carbonyl (C=O) groups is 2. The summed E-state index contributed by atoms with van der Waals surface area (Å²) < 4.78 is 5.57. The van der Waals surface area contributed by atoms with Crippen molar-refractivity contribution >= 4 is 34.3 Å². The maximum atomic E-state index is 12.8. The van der Waals surface area contributed by atoms with Gasteiger partial charge in [0, 0.05) is 11.0 Å². The van der Waals surface area contributed by atoms with Gasteiger partial charge in [-0.05, 0) is 75.8 Å². The van der Waals surface area contributed by atoms with Crippen LogP contribution in [-0.4, -0.2) is 27.7 Å². The highest BCUT2D eigenvalue weighted by Gasteiger charge is 2.29. The minimum absolute atomic E-state index is 0.224. The maximum Gasteiger partial charge on any atom is 0.341 e. The number of amides is 1. The number of esters is 1. The van der Waals surface area contributed by atoms with Gasteiger partial charge in [0.25, 0.3) is 0 Å². The minimum Gasteiger partial charge on any atom is -0.504 e. The normalized spacial score (nSPS) is 13.9. The molecule has 0 saturated carbocycles. The fraction of sp³-hybridized carbons (Fsp3) is 0.364. The number of carbonyl (C=O) groups excluding carboxylic acids is 2. The molecule has 3 N–H and O–H groups in total. The van der Waals surface area contributed by atoms with Crippen molar-refractivity contribution in [2.45, 2.75) is 52.1 Å². The first-order valence-corrected chi connectivity index (χ1v) is 10.3. The number of phenols is 2. The van der Waals surface area contributed by atoms with Crippen molar-refractivity contribution in [2.75, 3.05) is 5.32 Å². The van der Waals surface area contributed by atoms with E-state index in [1.54, 1.807) is 6.07 Å². The Labute approximate surface area is 173 Å². The second-order valence-electron chi connectivity index (χ2n) is 7.99. The number of ether oxygens (including phenoxy) is 1. The van der Waals surface area contributed by atoms with Crippen LogP contribution < -0.4 is 5.32 Å². The average molecular weight is 416 g/mol. The Morgan fingerprint density at radius 1 is 1.14 bits per heavy atom. The van der Waals surface area contributed by atoms with E-state index in [0.717, 1.165) is 36.1 Å². The number of phenolic OH excluding ortho intramolecular Hbond substituents is 2. The van der Waals surface area contributed by atoms with E-state index in [1.165, 1.54) is 35.6 Å². The Balaban J connectivity index is 1.83. The molecule has 0 bridgehead atoms. The molecular weight excluding hydrogens is 390 g/mol. The number of aromatic hydroxyl groups is 2. The van der Waals surface area contributed by atoms with E-state index in [4.69, 9.17) is 4.74 Å². The summed E-state index contributed by atoms with van der Waals surface area (Å²) in [4.78, 5) is 26.4. The molecule has 0 radical (unpaired) electrons. The predicted octanol–water partition coefficient (Wildman–Crippen LogP) is 4.65. The first-order chi connectivity index (χ1) is 13.6. The van der Waals surface area contributed by atoms with Crippen LogP contribution in [-0.2, 0) is 22.4 Å². The molecule has 1 aromatic heterocycles. The highest BCUT2D eigenvalue weighted by atomic mass is 32.1. The highest BCUT2D eigenvalue weighted by Crippen LogP contribution is 2.39. The molecular formula is C22H25NO5S. The monoisotopic (exact) mass is 415 g/mol. The summed E-state index contributed by atoms with van der Waals surface area (Å²) in [6.45, 7) is 5.45. The second-order valence-corrected chi connectivity index (χ2v) is 9.09. The Morgan fingerprint density at radius 2 is 1.86 bits per heavy atom. The summed E-state index contributed by atoms with van der Waals surface area (Å²) in [6, 6.07) is 4.28. The van der Waals surface area contributed by atoms with Crippen molar-refractivity contribution in [3.63, 3.8) is 0 Å². The Morgan fingerprint density at radius 3 is 2.55 bits per heavy atom. The molecule has 1 amide bonds. The van der Waals surface area contributed by atoms with Crippen molar-refractivity contribution in [1.29, 1.82) is 0 Å². The number of hydrogen-bond acceptors (Lipinski definition) is 6. The topological polar surface area (TPSA) is 95.9 Å². The summed E-state index contributed by atoms with van der Waals surface area (Å²) >= 11 is 1.43. The van der Waals surface area contributed by atoms with E-state index < -0.39 is 11.6 Å². The Kier molecular flexibility index (Phi) is 5.98. The number of benzene rings is 1. The van der Waals surface area contributed by atoms with Gasteiger partial charge in [0.2, 0.25) is 5.91 Å². The minimum atomic E-state index is -0.622. The molecule has 1 aromatic carbocycles.